The molecule has 1 atom stereocenters. The van der Waals surface area contributed by atoms with Gasteiger partial charge in [-0.2, -0.15) is 0 Å². The number of carbonyl (C=O) groups excluding carboxylic acids is 1. The molecule has 0 bridgehead atoms. The van der Waals surface area contributed by atoms with Gasteiger partial charge in [0.1, 0.15) is 0 Å². The number of hydrogen-bond acceptors (Lipinski definition) is 3. The molecule has 1 unspecified atom stereocenters. The van der Waals surface area contributed by atoms with Crippen LogP contribution in [0.2, 0.25) is 0 Å². The van der Waals surface area contributed by atoms with E-state index in [1.165, 1.54) is 0 Å². The first-order valence-electron chi connectivity index (χ1n) is 9.46. The summed E-state index contributed by atoms with van der Waals surface area (Å²) in [5.41, 5.74) is 4.58. The smallest absolute Gasteiger partial charge is 0.310 e. The number of nitrogens with zero attached hydrogens (tertiary/aromatic N) is 1. The van der Waals surface area contributed by atoms with Gasteiger partial charge in [0.15, 0.2) is 6.29 Å². The third kappa shape index (κ3) is 5.68. The number of carbonyl (C=O) groups is 2. The second kappa shape index (κ2) is 10.5. The summed E-state index contributed by atoms with van der Waals surface area (Å²) in [7, 11) is 1.96. The summed E-state index contributed by atoms with van der Waals surface area (Å²) in [6.07, 6.45) is 0.941. The van der Waals surface area contributed by atoms with E-state index >= 15 is 0 Å². The minimum atomic E-state index is -0.831. The molecule has 0 spiro atoms. The molecule has 0 aromatic heterocycles. The van der Waals surface area contributed by atoms with Crippen molar-refractivity contribution in [3.8, 4) is 0 Å². The minimum absolute atomic E-state index is 0.294. The zero-order valence-electron chi connectivity index (χ0n) is 17.2. The Kier molecular flexibility index (Phi) is 8.73. The van der Waals surface area contributed by atoms with Crippen LogP contribution < -0.4 is 4.90 Å². The number of rotatable bonds is 7. The lowest BCUT2D eigenvalue weighted by molar-refractivity contribution is -0.138. The molecule has 4 nitrogen and oxygen atoms in total. The van der Waals surface area contributed by atoms with Crippen LogP contribution in [0.4, 0.5) is 5.69 Å². The fraction of sp³-hybridized carbons (Fsp3) is 0.391. The van der Waals surface area contributed by atoms with E-state index in [9.17, 15) is 9.59 Å². The second-order valence-corrected chi connectivity index (χ2v) is 6.70. The van der Waals surface area contributed by atoms with Crippen LogP contribution in [0.15, 0.2) is 42.5 Å². The van der Waals surface area contributed by atoms with E-state index in [1.54, 1.807) is 6.92 Å². The predicted molar refractivity (Wildman–Crippen MR) is 112 cm³/mol. The number of hydrogen-bond donors (Lipinski definition) is 1. The molecular formula is C23H31NO3. The average molecular weight is 370 g/mol. The van der Waals surface area contributed by atoms with Gasteiger partial charge in [-0.3, -0.25) is 9.59 Å². The van der Waals surface area contributed by atoms with Crippen molar-refractivity contribution >= 4 is 17.9 Å². The first kappa shape index (κ1) is 22.4. The highest BCUT2D eigenvalue weighted by molar-refractivity contribution is 5.80. The normalized spacial score (nSPS) is 11.4. The van der Waals surface area contributed by atoms with Crippen LogP contribution in [-0.4, -0.2) is 24.4 Å². The van der Waals surface area contributed by atoms with E-state index in [1.807, 2.05) is 63.4 Å². The molecule has 0 fully saturated rings. The van der Waals surface area contributed by atoms with Gasteiger partial charge >= 0.3 is 5.97 Å². The topological polar surface area (TPSA) is 57.6 Å². The van der Waals surface area contributed by atoms with E-state index in [2.05, 4.69) is 18.7 Å². The number of anilines is 1. The monoisotopic (exact) mass is 369 g/mol. The molecule has 1 N–H and O–H groups in total. The van der Waals surface area contributed by atoms with Gasteiger partial charge in [0.05, 0.1) is 5.92 Å². The maximum atomic E-state index is 11.6. The molecule has 0 saturated carbocycles. The largest absolute Gasteiger partial charge is 0.481 e. The summed E-state index contributed by atoms with van der Waals surface area (Å²) in [6.45, 7) is 10.5. The Bertz CT molecular complexity index is 751. The van der Waals surface area contributed by atoms with Gasteiger partial charge in [-0.15, -0.1) is 0 Å². The van der Waals surface area contributed by atoms with Gasteiger partial charge in [-0.25, -0.2) is 0 Å². The second-order valence-electron chi connectivity index (χ2n) is 6.70. The molecule has 0 heterocycles. The maximum Gasteiger partial charge on any atom is 0.310 e. The fourth-order valence-corrected chi connectivity index (χ4v) is 2.92. The number of carboxylic acid groups (broad SMARTS) is 1. The molecule has 0 saturated heterocycles. The molecular weight excluding hydrogens is 338 g/mol. The Balaban J connectivity index is 0.00000176. The first-order valence-corrected chi connectivity index (χ1v) is 9.46. The van der Waals surface area contributed by atoms with E-state index in [-0.39, 0.29) is 0 Å². The molecule has 2 aromatic carbocycles. The van der Waals surface area contributed by atoms with Crippen LogP contribution >= 0.6 is 0 Å². The number of benzene rings is 2. The lowest BCUT2D eigenvalue weighted by atomic mass is 9.94. The highest BCUT2D eigenvalue weighted by Crippen LogP contribution is 2.25. The Labute approximate surface area is 162 Å². The first-order chi connectivity index (χ1) is 12.8. The van der Waals surface area contributed by atoms with Gasteiger partial charge < -0.3 is 10.0 Å². The van der Waals surface area contributed by atoms with Crippen molar-refractivity contribution in [2.45, 2.75) is 53.0 Å². The zero-order valence-corrected chi connectivity index (χ0v) is 17.2. The van der Waals surface area contributed by atoms with Gasteiger partial charge in [0.25, 0.3) is 0 Å². The highest BCUT2D eigenvalue weighted by atomic mass is 16.4. The maximum absolute atomic E-state index is 11.6. The summed E-state index contributed by atoms with van der Waals surface area (Å²) in [5, 5.41) is 9.09. The van der Waals surface area contributed by atoms with Crippen LogP contribution in [0, 0.1) is 0 Å². The summed E-state index contributed by atoms with van der Waals surface area (Å²) >= 11 is 0. The minimum Gasteiger partial charge on any atom is -0.481 e. The van der Waals surface area contributed by atoms with Crippen LogP contribution in [0.3, 0.4) is 0 Å². The van der Waals surface area contributed by atoms with Crippen molar-refractivity contribution in [3.05, 3.63) is 64.7 Å². The molecule has 0 aliphatic carbocycles. The molecule has 0 amide bonds. The average Bonchev–Trinajstić information content (AvgIpc) is 2.68. The fourth-order valence-electron chi connectivity index (χ4n) is 2.92. The third-order valence-electron chi connectivity index (χ3n) is 4.58. The van der Waals surface area contributed by atoms with Crippen LogP contribution in [0.1, 0.15) is 73.5 Å². The third-order valence-corrected chi connectivity index (χ3v) is 4.58. The molecule has 0 radical (unpaired) electrons. The standard InChI is InChI=1S/C21H25NO3.C2H6/c1-14(2)19-7-5-6-17(20(19)13-23)12-22(4)18-10-8-16(9-11-18)15(3)21(24)25;1-2/h5-11,13-15H,12H2,1-4H3,(H,24,25);1-2H3. The van der Waals surface area contributed by atoms with E-state index in [4.69, 9.17) is 5.11 Å². The molecule has 27 heavy (non-hydrogen) atoms. The number of aldehydes is 1. The van der Waals surface area contributed by atoms with Gasteiger partial charge in [-0.05, 0) is 41.7 Å². The molecule has 2 aromatic rings. The lowest BCUT2D eigenvalue weighted by Gasteiger charge is -2.22. The molecule has 0 aliphatic heterocycles. The van der Waals surface area contributed by atoms with Crippen molar-refractivity contribution in [1.82, 2.24) is 0 Å². The SMILES string of the molecule is CC.CC(C)c1cccc(CN(C)c2ccc(C(C)C(=O)O)cc2)c1C=O. The molecule has 2 rings (SSSR count). The quantitative estimate of drug-likeness (QED) is 0.657. The van der Waals surface area contributed by atoms with Gasteiger partial charge in [0.2, 0.25) is 0 Å². The van der Waals surface area contributed by atoms with E-state index in [0.29, 0.717) is 12.5 Å². The van der Waals surface area contributed by atoms with Crippen LogP contribution in [0.5, 0.6) is 0 Å². The van der Waals surface area contributed by atoms with Crippen molar-refractivity contribution in [2.75, 3.05) is 11.9 Å². The summed E-state index contributed by atoms with van der Waals surface area (Å²) in [6, 6.07) is 13.5. The molecule has 146 valence electrons. The summed E-state index contributed by atoms with van der Waals surface area (Å²) < 4.78 is 0. The molecule has 4 heteroatoms. The van der Waals surface area contributed by atoms with Crippen LogP contribution in [-0.2, 0) is 11.3 Å². The van der Waals surface area contributed by atoms with Crippen LogP contribution in [0.25, 0.3) is 0 Å². The van der Waals surface area contributed by atoms with E-state index in [0.717, 1.165) is 34.2 Å². The Morgan fingerprint density at radius 3 is 2.15 bits per heavy atom. The number of carboxylic acids is 1. The van der Waals surface area contributed by atoms with Gasteiger partial charge in [-0.1, -0.05) is 58.0 Å². The lowest BCUT2D eigenvalue weighted by Crippen LogP contribution is -2.18. The summed E-state index contributed by atoms with van der Waals surface area (Å²) in [5.74, 6) is -1.06. The Morgan fingerprint density at radius 1 is 1.07 bits per heavy atom. The van der Waals surface area contributed by atoms with Crippen molar-refractivity contribution < 1.29 is 14.7 Å². The Morgan fingerprint density at radius 2 is 1.67 bits per heavy atom. The zero-order chi connectivity index (χ0) is 20.6. The van der Waals surface area contributed by atoms with Crippen molar-refractivity contribution in [2.24, 2.45) is 0 Å². The Hall–Kier alpha value is -2.62. The van der Waals surface area contributed by atoms with Crippen molar-refractivity contribution in [3.63, 3.8) is 0 Å². The highest BCUT2D eigenvalue weighted by Gasteiger charge is 2.15. The molecule has 0 aliphatic rings. The number of aliphatic carboxylic acids is 1. The van der Waals surface area contributed by atoms with E-state index < -0.39 is 11.9 Å². The predicted octanol–water partition coefficient (Wildman–Crippen LogP) is 5.47. The van der Waals surface area contributed by atoms with Gasteiger partial charge in [0, 0.05) is 24.8 Å². The van der Waals surface area contributed by atoms with Crippen molar-refractivity contribution in [1.29, 1.82) is 0 Å². The summed E-state index contributed by atoms with van der Waals surface area (Å²) in [4.78, 5) is 24.7.